The molecule has 8 heteroatoms. The number of carbonyl (C=O) groups is 1. The monoisotopic (exact) mass is 415 g/mol. The van der Waals surface area contributed by atoms with E-state index in [0.717, 1.165) is 23.8 Å². The molecule has 0 saturated heterocycles. The molecule has 0 aliphatic rings. The van der Waals surface area contributed by atoms with Crippen LogP contribution >= 0.6 is 0 Å². The molecule has 1 amide bonds. The fraction of sp³-hybridized carbons (Fsp3) is 0.238. The van der Waals surface area contributed by atoms with Crippen LogP contribution in [0.5, 0.6) is 0 Å². The molecular formula is C21H22FN3O3S. The fourth-order valence-corrected chi connectivity index (χ4v) is 3.94. The van der Waals surface area contributed by atoms with E-state index in [2.05, 4.69) is 11.3 Å². The lowest BCUT2D eigenvalue weighted by atomic mass is 10.1. The lowest BCUT2D eigenvalue weighted by molar-refractivity contribution is 0.0757. The molecule has 2 aromatic carbocycles. The van der Waals surface area contributed by atoms with Crippen molar-refractivity contribution in [1.82, 2.24) is 9.62 Å². The van der Waals surface area contributed by atoms with Crippen LogP contribution in [-0.2, 0) is 16.6 Å². The highest BCUT2D eigenvalue weighted by atomic mass is 32.2. The van der Waals surface area contributed by atoms with Gasteiger partial charge in [0.25, 0.3) is 5.91 Å². The van der Waals surface area contributed by atoms with Crippen molar-refractivity contribution in [2.75, 3.05) is 6.54 Å². The minimum Gasteiger partial charge on any atom is -0.331 e. The number of benzene rings is 2. The number of nitrogens with zero attached hydrogens (tertiary/aromatic N) is 2. The molecular weight excluding hydrogens is 393 g/mol. The second-order valence-electron chi connectivity index (χ2n) is 6.70. The molecule has 0 fully saturated rings. The number of nitriles is 1. The molecule has 6 nitrogen and oxygen atoms in total. The Kier molecular flexibility index (Phi) is 7.26. The molecule has 0 aliphatic carbocycles. The van der Waals surface area contributed by atoms with Crippen molar-refractivity contribution < 1.29 is 17.6 Å². The van der Waals surface area contributed by atoms with E-state index in [1.165, 1.54) is 11.0 Å². The van der Waals surface area contributed by atoms with E-state index < -0.39 is 21.7 Å². The normalized spacial score (nSPS) is 11.1. The van der Waals surface area contributed by atoms with Crippen LogP contribution in [0.3, 0.4) is 0 Å². The minimum absolute atomic E-state index is 0.138. The summed E-state index contributed by atoms with van der Waals surface area (Å²) in [7, 11) is -3.88. The molecule has 0 radical (unpaired) electrons. The molecule has 152 valence electrons. The molecule has 0 atom stereocenters. The SMILES string of the molecule is C=CCN(Cc1ccc(C#N)cc1)C(=O)c1cc(S(=O)(=O)NC(C)C)ccc1F. The first-order chi connectivity index (χ1) is 13.7. The third-order valence-corrected chi connectivity index (χ3v) is 5.62. The van der Waals surface area contributed by atoms with Crippen molar-refractivity contribution in [2.45, 2.75) is 31.3 Å². The summed E-state index contributed by atoms with van der Waals surface area (Å²) in [6.45, 7) is 7.24. The van der Waals surface area contributed by atoms with Crippen molar-refractivity contribution in [3.63, 3.8) is 0 Å². The quantitative estimate of drug-likeness (QED) is 0.671. The molecule has 29 heavy (non-hydrogen) atoms. The van der Waals surface area contributed by atoms with Gasteiger partial charge in [0.05, 0.1) is 22.1 Å². The first kappa shape index (κ1) is 22.3. The Hall–Kier alpha value is -3.02. The van der Waals surface area contributed by atoms with Gasteiger partial charge in [0.2, 0.25) is 10.0 Å². The Balaban J connectivity index is 2.36. The molecule has 0 bridgehead atoms. The number of carbonyl (C=O) groups excluding carboxylic acids is 1. The summed E-state index contributed by atoms with van der Waals surface area (Å²) in [6.07, 6.45) is 1.50. The van der Waals surface area contributed by atoms with E-state index in [1.54, 1.807) is 38.1 Å². The molecule has 0 aliphatic heterocycles. The third kappa shape index (κ3) is 5.73. The molecule has 0 unspecified atom stereocenters. The summed E-state index contributed by atoms with van der Waals surface area (Å²) in [4.78, 5) is 14.1. The summed E-state index contributed by atoms with van der Waals surface area (Å²) >= 11 is 0. The molecule has 0 spiro atoms. The zero-order chi connectivity index (χ0) is 21.6. The summed E-state index contributed by atoms with van der Waals surface area (Å²) in [5.74, 6) is -1.47. The zero-order valence-electron chi connectivity index (χ0n) is 16.2. The predicted octanol–water partition coefficient (Wildman–Crippen LogP) is 3.21. The van der Waals surface area contributed by atoms with E-state index >= 15 is 0 Å². The Bertz CT molecular complexity index is 1040. The van der Waals surface area contributed by atoms with Crippen molar-refractivity contribution in [1.29, 1.82) is 5.26 Å². The summed E-state index contributed by atoms with van der Waals surface area (Å²) in [5, 5.41) is 8.88. The average molecular weight is 415 g/mol. The Morgan fingerprint density at radius 1 is 1.28 bits per heavy atom. The Morgan fingerprint density at radius 3 is 2.48 bits per heavy atom. The van der Waals surface area contributed by atoms with Gasteiger partial charge in [-0.25, -0.2) is 17.5 Å². The number of hydrogen-bond acceptors (Lipinski definition) is 4. The smallest absolute Gasteiger partial charge is 0.257 e. The van der Waals surface area contributed by atoms with Gasteiger partial charge < -0.3 is 4.90 Å². The predicted molar refractivity (Wildman–Crippen MR) is 108 cm³/mol. The molecule has 1 N–H and O–H groups in total. The largest absolute Gasteiger partial charge is 0.331 e. The molecule has 2 rings (SSSR count). The zero-order valence-corrected chi connectivity index (χ0v) is 17.0. The number of nitrogens with one attached hydrogen (secondary N) is 1. The maximum atomic E-state index is 14.4. The number of halogens is 1. The van der Waals surface area contributed by atoms with Crippen molar-refractivity contribution in [2.24, 2.45) is 0 Å². The van der Waals surface area contributed by atoms with Crippen LogP contribution in [-0.4, -0.2) is 31.8 Å². The summed E-state index contributed by atoms with van der Waals surface area (Å²) < 4.78 is 41.5. The average Bonchev–Trinajstić information content (AvgIpc) is 2.67. The van der Waals surface area contributed by atoms with Gasteiger partial charge in [-0.05, 0) is 49.7 Å². The molecule has 0 heterocycles. The molecule has 0 aromatic heterocycles. The van der Waals surface area contributed by atoms with Crippen LogP contribution in [0.2, 0.25) is 0 Å². The van der Waals surface area contributed by atoms with E-state index in [1.807, 2.05) is 6.07 Å². The number of hydrogen-bond donors (Lipinski definition) is 1. The van der Waals surface area contributed by atoms with Gasteiger partial charge in [0.1, 0.15) is 5.82 Å². The van der Waals surface area contributed by atoms with Crippen LogP contribution in [0, 0.1) is 17.1 Å². The lowest BCUT2D eigenvalue weighted by Crippen LogP contribution is -2.33. The number of sulfonamides is 1. The van der Waals surface area contributed by atoms with E-state index in [0.29, 0.717) is 5.56 Å². The van der Waals surface area contributed by atoms with Crippen molar-refractivity contribution in [3.05, 3.63) is 77.6 Å². The van der Waals surface area contributed by atoms with E-state index in [9.17, 15) is 17.6 Å². The number of amides is 1. The van der Waals surface area contributed by atoms with Crippen LogP contribution in [0.25, 0.3) is 0 Å². The Morgan fingerprint density at radius 2 is 1.93 bits per heavy atom. The maximum Gasteiger partial charge on any atom is 0.257 e. The highest BCUT2D eigenvalue weighted by molar-refractivity contribution is 7.89. The van der Waals surface area contributed by atoms with Gasteiger partial charge in [-0.2, -0.15) is 5.26 Å². The van der Waals surface area contributed by atoms with Crippen LogP contribution in [0.4, 0.5) is 4.39 Å². The fourth-order valence-electron chi connectivity index (χ4n) is 2.66. The maximum absolute atomic E-state index is 14.4. The summed E-state index contributed by atoms with van der Waals surface area (Å²) in [5.41, 5.74) is 0.883. The van der Waals surface area contributed by atoms with Crippen molar-refractivity contribution in [3.8, 4) is 6.07 Å². The molecule has 2 aromatic rings. The molecule has 0 saturated carbocycles. The topological polar surface area (TPSA) is 90.3 Å². The van der Waals surface area contributed by atoms with Gasteiger partial charge in [-0.15, -0.1) is 6.58 Å². The standard InChI is InChI=1S/C21H22FN3O3S/c1-4-11-25(14-17-7-5-16(13-23)6-8-17)21(26)19-12-18(9-10-20(19)22)29(27,28)24-15(2)3/h4-10,12,15,24H,1,11,14H2,2-3H3. The summed E-state index contributed by atoms with van der Waals surface area (Å²) in [6, 6.07) is 11.4. The van der Waals surface area contributed by atoms with Crippen LogP contribution in [0.15, 0.2) is 60.0 Å². The van der Waals surface area contributed by atoms with E-state index in [4.69, 9.17) is 5.26 Å². The van der Waals surface area contributed by atoms with Crippen molar-refractivity contribution >= 4 is 15.9 Å². The van der Waals surface area contributed by atoms with Crippen LogP contribution < -0.4 is 4.72 Å². The first-order valence-corrected chi connectivity index (χ1v) is 10.4. The second-order valence-corrected chi connectivity index (χ2v) is 8.41. The third-order valence-electron chi connectivity index (χ3n) is 3.96. The first-order valence-electron chi connectivity index (χ1n) is 8.89. The van der Waals surface area contributed by atoms with Crippen LogP contribution in [0.1, 0.15) is 35.3 Å². The highest BCUT2D eigenvalue weighted by Crippen LogP contribution is 2.19. The van der Waals surface area contributed by atoms with Gasteiger partial charge in [-0.3, -0.25) is 4.79 Å². The van der Waals surface area contributed by atoms with Gasteiger partial charge in [-0.1, -0.05) is 18.2 Å². The van der Waals surface area contributed by atoms with E-state index in [-0.39, 0.29) is 29.6 Å². The van der Waals surface area contributed by atoms with Gasteiger partial charge >= 0.3 is 0 Å². The highest BCUT2D eigenvalue weighted by Gasteiger charge is 2.23. The Labute approximate surface area is 170 Å². The second kappa shape index (κ2) is 9.45. The van der Waals surface area contributed by atoms with Gasteiger partial charge in [0.15, 0.2) is 0 Å². The minimum atomic E-state index is -3.88. The lowest BCUT2D eigenvalue weighted by Gasteiger charge is -2.22. The van der Waals surface area contributed by atoms with Gasteiger partial charge in [0, 0.05) is 19.1 Å². The number of rotatable bonds is 8.